The molecule has 0 heterocycles. The number of methoxy groups -OCH3 is 2. The van der Waals surface area contributed by atoms with Crippen molar-refractivity contribution in [2.24, 2.45) is 0 Å². The minimum Gasteiger partial charge on any atom is -0.467 e. The smallest absolute Gasteiger partial charge is 0.337 e. The first-order valence-electron chi connectivity index (χ1n) is 9.10. The number of hydrogen-bond donors (Lipinski definition) is 1. The molecule has 6 heteroatoms. The quantitative estimate of drug-likeness (QED) is 0.481. The molecule has 1 rings (SSSR count). The van der Waals surface area contributed by atoms with E-state index in [2.05, 4.69) is 17.0 Å². The summed E-state index contributed by atoms with van der Waals surface area (Å²) in [6, 6.07) is 5.50. The van der Waals surface area contributed by atoms with Gasteiger partial charge in [-0.15, -0.1) is 0 Å². The fourth-order valence-electron chi connectivity index (χ4n) is 2.67. The molecule has 0 radical (unpaired) electrons. The van der Waals surface area contributed by atoms with Crippen LogP contribution in [0.2, 0.25) is 0 Å². The fraction of sp³-hybridized carbons (Fsp3) is 0.550. The highest BCUT2D eigenvalue weighted by molar-refractivity contribution is 5.99. The van der Waals surface area contributed by atoms with Crippen molar-refractivity contribution in [2.45, 2.75) is 57.9 Å². The van der Waals surface area contributed by atoms with E-state index in [0.29, 0.717) is 12.0 Å². The lowest BCUT2D eigenvalue weighted by Crippen LogP contribution is -2.41. The second-order valence-corrected chi connectivity index (χ2v) is 6.18. The molecule has 26 heavy (non-hydrogen) atoms. The van der Waals surface area contributed by atoms with Gasteiger partial charge < -0.3 is 14.8 Å². The van der Waals surface area contributed by atoms with Crippen molar-refractivity contribution in [3.05, 3.63) is 35.4 Å². The maximum Gasteiger partial charge on any atom is 0.337 e. The van der Waals surface area contributed by atoms with Crippen LogP contribution >= 0.6 is 0 Å². The summed E-state index contributed by atoms with van der Waals surface area (Å²) in [5.41, 5.74) is 0.579. The average molecular weight is 363 g/mol. The molecule has 0 spiro atoms. The van der Waals surface area contributed by atoms with Crippen molar-refractivity contribution in [2.75, 3.05) is 14.2 Å². The summed E-state index contributed by atoms with van der Waals surface area (Å²) in [5.74, 6) is -1.40. The molecule has 0 aliphatic rings. The van der Waals surface area contributed by atoms with Gasteiger partial charge >= 0.3 is 11.9 Å². The van der Waals surface area contributed by atoms with Crippen molar-refractivity contribution < 1.29 is 23.9 Å². The molecule has 0 saturated heterocycles. The number of nitrogens with one attached hydrogen (secondary N) is 1. The lowest BCUT2D eigenvalue weighted by atomic mass is 10.0. The number of esters is 2. The van der Waals surface area contributed by atoms with E-state index in [1.807, 2.05) is 0 Å². The first kappa shape index (κ1) is 21.7. The molecule has 0 unspecified atom stereocenters. The number of ether oxygens (including phenoxy) is 2. The highest BCUT2D eigenvalue weighted by Crippen LogP contribution is 2.11. The monoisotopic (exact) mass is 363 g/mol. The molecule has 0 aliphatic carbocycles. The van der Waals surface area contributed by atoms with Gasteiger partial charge in [-0.2, -0.15) is 0 Å². The van der Waals surface area contributed by atoms with Gasteiger partial charge in [0.05, 0.1) is 19.8 Å². The van der Waals surface area contributed by atoms with E-state index >= 15 is 0 Å². The van der Waals surface area contributed by atoms with Crippen molar-refractivity contribution >= 4 is 17.8 Å². The number of hydrogen-bond acceptors (Lipinski definition) is 5. The predicted molar refractivity (Wildman–Crippen MR) is 99.0 cm³/mol. The van der Waals surface area contributed by atoms with Crippen LogP contribution in [-0.2, 0) is 14.3 Å². The first-order chi connectivity index (χ1) is 12.5. The summed E-state index contributed by atoms with van der Waals surface area (Å²) in [5, 5.41) is 2.70. The molecule has 1 N–H and O–H groups in total. The number of carbonyl (C=O) groups is 3. The highest BCUT2D eigenvalue weighted by Gasteiger charge is 2.22. The van der Waals surface area contributed by atoms with Crippen molar-refractivity contribution in [1.82, 2.24) is 5.32 Å². The third kappa shape index (κ3) is 7.25. The molecule has 1 amide bonds. The third-order valence-electron chi connectivity index (χ3n) is 4.18. The Kier molecular flexibility index (Phi) is 10.1. The van der Waals surface area contributed by atoms with Crippen LogP contribution in [-0.4, -0.2) is 38.1 Å². The Balaban J connectivity index is 2.65. The van der Waals surface area contributed by atoms with E-state index in [1.165, 1.54) is 39.5 Å². The maximum atomic E-state index is 12.4. The molecular weight excluding hydrogens is 334 g/mol. The number of benzene rings is 1. The number of amides is 1. The molecule has 0 aromatic heterocycles. The van der Waals surface area contributed by atoms with E-state index < -0.39 is 23.9 Å². The van der Waals surface area contributed by atoms with Gasteiger partial charge in [0, 0.05) is 5.56 Å². The Bertz CT molecular complexity index is 600. The summed E-state index contributed by atoms with van der Waals surface area (Å²) in [4.78, 5) is 36.0. The van der Waals surface area contributed by atoms with E-state index in [1.54, 1.807) is 18.2 Å². The average Bonchev–Trinajstić information content (AvgIpc) is 2.68. The maximum absolute atomic E-state index is 12.4. The zero-order valence-corrected chi connectivity index (χ0v) is 15.9. The molecule has 144 valence electrons. The summed E-state index contributed by atoms with van der Waals surface area (Å²) >= 11 is 0. The molecule has 1 aromatic rings. The van der Waals surface area contributed by atoms with Gasteiger partial charge in [-0.25, -0.2) is 9.59 Å². The zero-order valence-electron chi connectivity index (χ0n) is 15.9. The van der Waals surface area contributed by atoms with Crippen LogP contribution < -0.4 is 5.32 Å². The van der Waals surface area contributed by atoms with Gasteiger partial charge in [-0.3, -0.25) is 4.79 Å². The Labute approximate surface area is 155 Å². The minimum atomic E-state index is -0.694. The van der Waals surface area contributed by atoms with Crippen molar-refractivity contribution in [3.8, 4) is 0 Å². The van der Waals surface area contributed by atoms with Gasteiger partial charge in [0.25, 0.3) is 5.91 Å². The zero-order chi connectivity index (χ0) is 19.4. The van der Waals surface area contributed by atoms with Crippen molar-refractivity contribution in [1.29, 1.82) is 0 Å². The van der Waals surface area contributed by atoms with Gasteiger partial charge in [0.15, 0.2) is 0 Å². The molecule has 0 aliphatic heterocycles. The first-order valence-corrected chi connectivity index (χ1v) is 9.10. The molecule has 1 aromatic carbocycles. The predicted octanol–water partition coefficient (Wildman–Crippen LogP) is 3.50. The largest absolute Gasteiger partial charge is 0.467 e. The molecule has 1 atom stereocenters. The second-order valence-electron chi connectivity index (χ2n) is 6.18. The Morgan fingerprint density at radius 2 is 1.62 bits per heavy atom. The minimum absolute atomic E-state index is 0.283. The normalized spacial score (nSPS) is 11.5. The van der Waals surface area contributed by atoms with Crippen LogP contribution in [0.4, 0.5) is 0 Å². The van der Waals surface area contributed by atoms with Crippen LogP contribution in [0, 0.1) is 0 Å². The van der Waals surface area contributed by atoms with E-state index in [-0.39, 0.29) is 5.56 Å². The van der Waals surface area contributed by atoms with E-state index in [0.717, 1.165) is 19.3 Å². The van der Waals surface area contributed by atoms with Gasteiger partial charge in [0.1, 0.15) is 6.04 Å². The second kappa shape index (κ2) is 12.1. The SMILES string of the molecule is CCCCCCCC[C@H](NC(=O)c1cccc(C(=O)OC)c1)C(=O)OC. The summed E-state index contributed by atoms with van der Waals surface area (Å²) in [7, 11) is 2.59. The number of rotatable bonds is 11. The van der Waals surface area contributed by atoms with Crippen LogP contribution in [0.25, 0.3) is 0 Å². The number of unbranched alkanes of at least 4 members (excludes halogenated alkanes) is 5. The summed E-state index contributed by atoms with van der Waals surface area (Å²) in [6.07, 6.45) is 7.09. The number of carbonyl (C=O) groups excluding carboxylic acids is 3. The van der Waals surface area contributed by atoms with E-state index in [9.17, 15) is 14.4 Å². The molecule has 0 saturated carbocycles. The fourth-order valence-corrected chi connectivity index (χ4v) is 2.67. The van der Waals surface area contributed by atoms with Gasteiger partial charge in [-0.05, 0) is 24.6 Å². The third-order valence-corrected chi connectivity index (χ3v) is 4.18. The van der Waals surface area contributed by atoms with Crippen LogP contribution in [0.3, 0.4) is 0 Å². The topological polar surface area (TPSA) is 81.7 Å². The van der Waals surface area contributed by atoms with Crippen molar-refractivity contribution in [3.63, 3.8) is 0 Å². The Morgan fingerprint density at radius 1 is 0.962 bits per heavy atom. The van der Waals surface area contributed by atoms with Crippen LogP contribution in [0.1, 0.15) is 72.6 Å². The lowest BCUT2D eigenvalue weighted by molar-refractivity contribution is -0.143. The summed E-state index contributed by atoms with van der Waals surface area (Å²) < 4.78 is 9.45. The standard InChI is InChI=1S/C20H29NO5/c1-4-5-6-7-8-9-13-17(20(24)26-3)21-18(22)15-11-10-12-16(14-15)19(23)25-2/h10-12,14,17H,4-9,13H2,1-3H3,(H,21,22)/t17-/m0/s1. The summed E-state index contributed by atoms with van der Waals surface area (Å²) in [6.45, 7) is 2.16. The van der Waals surface area contributed by atoms with Crippen LogP contribution in [0.15, 0.2) is 24.3 Å². The van der Waals surface area contributed by atoms with E-state index in [4.69, 9.17) is 4.74 Å². The highest BCUT2D eigenvalue weighted by atomic mass is 16.5. The molecule has 6 nitrogen and oxygen atoms in total. The Morgan fingerprint density at radius 3 is 2.27 bits per heavy atom. The van der Waals surface area contributed by atoms with Gasteiger partial charge in [0.2, 0.25) is 0 Å². The van der Waals surface area contributed by atoms with Crippen LogP contribution in [0.5, 0.6) is 0 Å². The van der Waals surface area contributed by atoms with Gasteiger partial charge in [-0.1, -0.05) is 51.5 Å². The molecule has 0 bridgehead atoms. The molecule has 0 fully saturated rings. The Hall–Kier alpha value is -2.37. The molecular formula is C20H29NO5. The lowest BCUT2D eigenvalue weighted by Gasteiger charge is -2.16.